The SMILES string of the molecule is Cc1ccnc(N2CC3CC(C2)N3c2nc3ccc(F)cc3o2)n1. The molecule has 3 aliphatic heterocycles. The third kappa shape index (κ3) is 2.04. The first-order chi connectivity index (χ1) is 11.7. The second kappa shape index (κ2) is 4.90. The molecule has 2 atom stereocenters. The molecule has 0 aliphatic carbocycles. The predicted molar refractivity (Wildman–Crippen MR) is 87.6 cm³/mol. The summed E-state index contributed by atoms with van der Waals surface area (Å²) >= 11 is 0. The van der Waals surface area contributed by atoms with Gasteiger partial charge in [-0.15, -0.1) is 0 Å². The van der Waals surface area contributed by atoms with Crippen LogP contribution in [0.25, 0.3) is 11.1 Å². The maximum atomic E-state index is 13.3. The molecule has 0 radical (unpaired) electrons. The summed E-state index contributed by atoms with van der Waals surface area (Å²) in [7, 11) is 0. The van der Waals surface area contributed by atoms with E-state index in [0.29, 0.717) is 29.2 Å². The summed E-state index contributed by atoms with van der Waals surface area (Å²) in [4.78, 5) is 17.8. The lowest BCUT2D eigenvalue weighted by molar-refractivity contribution is 0.269. The molecule has 0 N–H and O–H groups in total. The highest BCUT2D eigenvalue weighted by Crippen LogP contribution is 2.38. The van der Waals surface area contributed by atoms with Gasteiger partial charge in [0, 0.05) is 31.0 Å². The van der Waals surface area contributed by atoms with Gasteiger partial charge in [0.25, 0.3) is 6.01 Å². The number of nitrogens with zero attached hydrogens (tertiary/aromatic N) is 5. The second-order valence-electron chi connectivity index (χ2n) is 6.46. The van der Waals surface area contributed by atoms with Crippen molar-refractivity contribution in [2.75, 3.05) is 22.9 Å². The Bertz CT molecular complexity index is 914. The van der Waals surface area contributed by atoms with Crippen LogP contribution < -0.4 is 9.80 Å². The number of rotatable bonds is 2. The minimum atomic E-state index is -0.309. The molecule has 0 amide bonds. The van der Waals surface area contributed by atoms with Gasteiger partial charge < -0.3 is 14.2 Å². The lowest BCUT2D eigenvalue weighted by atomic mass is 9.88. The average Bonchev–Trinajstić information content (AvgIpc) is 2.96. The van der Waals surface area contributed by atoms with Crippen LogP contribution >= 0.6 is 0 Å². The fraction of sp³-hybridized carbons (Fsp3) is 0.353. The Labute approximate surface area is 137 Å². The van der Waals surface area contributed by atoms with Crippen molar-refractivity contribution in [3.8, 4) is 0 Å². The molecule has 2 aromatic heterocycles. The van der Waals surface area contributed by atoms with E-state index in [2.05, 4.69) is 24.8 Å². The van der Waals surface area contributed by atoms with Crippen LogP contribution in [-0.2, 0) is 0 Å². The number of fused-ring (bicyclic) bond motifs is 3. The van der Waals surface area contributed by atoms with E-state index in [0.717, 1.165) is 31.2 Å². The van der Waals surface area contributed by atoms with Gasteiger partial charge in [0.05, 0.1) is 12.1 Å². The lowest BCUT2D eigenvalue weighted by Crippen LogP contribution is -2.69. The van der Waals surface area contributed by atoms with Crippen molar-refractivity contribution in [2.24, 2.45) is 0 Å². The number of piperidine rings is 1. The van der Waals surface area contributed by atoms with Crippen LogP contribution in [0.1, 0.15) is 12.1 Å². The standard InChI is InChI=1S/C17H16FN5O/c1-10-4-5-19-16(20-10)22-8-12-7-13(9-22)23(12)17-21-14-3-2-11(18)6-15(14)24-17/h2-6,12-13H,7-9H2,1H3. The molecule has 1 aromatic carbocycles. The van der Waals surface area contributed by atoms with E-state index in [1.165, 1.54) is 12.1 Å². The molecule has 3 aromatic rings. The van der Waals surface area contributed by atoms with Gasteiger partial charge in [-0.3, -0.25) is 0 Å². The zero-order valence-electron chi connectivity index (χ0n) is 13.2. The molecule has 24 heavy (non-hydrogen) atoms. The molecule has 5 heterocycles. The number of piperazine rings is 1. The van der Waals surface area contributed by atoms with E-state index in [9.17, 15) is 4.39 Å². The van der Waals surface area contributed by atoms with Crippen LogP contribution in [0.5, 0.6) is 0 Å². The van der Waals surface area contributed by atoms with Crippen LogP contribution in [-0.4, -0.2) is 40.1 Å². The molecule has 6 nitrogen and oxygen atoms in total. The Hall–Kier alpha value is -2.70. The minimum absolute atomic E-state index is 0.309. The van der Waals surface area contributed by atoms with Gasteiger partial charge in [-0.25, -0.2) is 14.4 Å². The zero-order chi connectivity index (χ0) is 16.3. The molecular weight excluding hydrogens is 309 g/mol. The van der Waals surface area contributed by atoms with Crippen LogP contribution in [0.3, 0.4) is 0 Å². The van der Waals surface area contributed by atoms with Crippen molar-refractivity contribution in [3.63, 3.8) is 0 Å². The number of halogens is 1. The Morgan fingerprint density at radius 2 is 2.00 bits per heavy atom. The number of anilines is 2. The average molecular weight is 325 g/mol. The Balaban J connectivity index is 1.40. The predicted octanol–water partition coefficient (Wildman–Crippen LogP) is 2.53. The summed E-state index contributed by atoms with van der Waals surface area (Å²) in [6.45, 7) is 3.65. The van der Waals surface area contributed by atoms with E-state index in [4.69, 9.17) is 4.42 Å². The van der Waals surface area contributed by atoms with Crippen molar-refractivity contribution in [1.29, 1.82) is 0 Å². The van der Waals surface area contributed by atoms with Crippen LogP contribution in [0.2, 0.25) is 0 Å². The Morgan fingerprint density at radius 1 is 1.17 bits per heavy atom. The molecule has 0 spiro atoms. The molecule has 3 fully saturated rings. The van der Waals surface area contributed by atoms with Crippen molar-refractivity contribution < 1.29 is 8.81 Å². The molecular formula is C17H16FN5O. The molecule has 3 saturated heterocycles. The highest BCUT2D eigenvalue weighted by atomic mass is 19.1. The van der Waals surface area contributed by atoms with Crippen molar-refractivity contribution in [2.45, 2.75) is 25.4 Å². The van der Waals surface area contributed by atoms with E-state index >= 15 is 0 Å². The molecule has 0 saturated carbocycles. The molecule has 7 heteroatoms. The van der Waals surface area contributed by atoms with E-state index in [-0.39, 0.29) is 5.82 Å². The molecule has 2 unspecified atom stereocenters. The molecule has 3 aliphatic rings. The van der Waals surface area contributed by atoms with Crippen LogP contribution in [0, 0.1) is 12.7 Å². The minimum Gasteiger partial charge on any atom is -0.423 e. The van der Waals surface area contributed by atoms with Gasteiger partial charge >= 0.3 is 0 Å². The summed E-state index contributed by atoms with van der Waals surface area (Å²) in [5.74, 6) is 0.473. The Kier molecular flexibility index (Phi) is 2.80. The van der Waals surface area contributed by atoms with Gasteiger partial charge in [-0.1, -0.05) is 0 Å². The van der Waals surface area contributed by atoms with Crippen molar-refractivity contribution >= 4 is 23.1 Å². The van der Waals surface area contributed by atoms with E-state index in [1.807, 2.05) is 13.0 Å². The molecule has 2 bridgehead atoms. The first-order valence-electron chi connectivity index (χ1n) is 8.06. The highest BCUT2D eigenvalue weighted by Gasteiger charge is 2.47. The smallest absolute Gasteiger partial charge is 0.299 e. The largest absolute Gasteiger partial charge is 0.423 e. The summed E-state index contributed by atoms with van der Waals surface area (Å²) in [5.41, 5.74) is 2.15. The normalized spacial score (nSPS) is 22.8. The first kappa shape index (κ1) is 13.7. The first-order valence-corrected chi connectivity index (χ1v) is 8.06. The van der Waals surface area contributed by atoms with Gasteiger partial charge in [0.1, 0.15) is 11.3 Å². The van der Waals surface area contributed by atoms with Crippen LogP contribution in [0.4, 0.5) is 16.4 Å². The lowest BCUT2D eigenvalue weighted by Gasteiger charge is -2.55. The summed E-state index contributed by atoms with van der Waals surface area (Å²) < 4.78 is 19.1. The number of aromatic nitrogens is 3. The molecule has 122 valence electrons. The van der Waals surface area contributed by atoms with E-state index in [1.54, 1.807) is 12.3 Å². The van der Waals surface area contributed by atoms with Gasteiger partial charge in [-0.2, -0.15) is 4.98 Å². The zero-order valence-corrected chi connectivity index (χ0v) is 13.2. The van der Waals surface area contributed by atoms with Crippen LogP contribution in [0.15, 0.2) is 34.9 Å². The fourth-order valence-electron chi connectivity index (χ4n) is 3.67. The summed E-state index contributed by atoms with van der Waals surface area (Å²) in [6, 6.07) is 7.58. The van der Waals surface area contributed by atoms with Crippen molar-refractivity contribution in [3.05, 3.63) is 42.0 Å². The number of hydrogen-bond donors (Lipinski definition) is 0. The quantitative estimate of drug-likeness (QED) is 0.722. The maximum Gasteiger partial charge on any atom is 0.299 e. The third-order valence-corrected chi connectivity index (χ3v) is 4.82. The Morgan fingerprint density at radius 3 is 2.79 bits per heavy atom. The maximum absolute atomic E-state index is 13.3. The molecule has 6 rings (SSSR count). The monoisotopic (exact) mass is 325 g/mol. The fourth-order valence-corrected chi connectivity index (χ4v) is 3.67. The van der Waals surface area contributed by atoms with Gasteiger partial charge in [-0.05, 0) is 31.5 Å². The summed E-state index contributed by atoms with van der Waals surface area (Å²) in [6.07, 6.45) is 2.90. The van der Waals surface area contributed by atoms with Crippen molar-refractivity contribution in [1.82, 2.24) is 15.0 Å². The highest BCUT2D eigenvalue weighted by molar-refractivity contribution is 5.75. The number of oxazole rings is 1. The number of aryl methyl sites for hydroxylation is 1. The van der Waals surface area contributed by atoms with Gasteiger partial charge in [0.2, 0.25) is 5.95 Å². The second-order valence-corrected chi connectivity index (χ2v) is 6.46. The number of benzene rings is 1. The van der Waals surface area contributed by atoms with Gasteiger partial charge in [0.15, 0.2) is 5.58 Å². The summed E-state index contributed by atoms with van der Waals surface area (Å²) in [5, 5.41) is 0. The topological polar surface area (TPSA) is 58.3 Å². The third-order valence-electron chi connectivity index (χ3n) is 4.82. The van der Waals surface area contributed by atoms with E-state index < -0.39 is 0 Å². The number of hydrogen-bond acceptors (Lipinski definition) is 6.